The molecule has 4 heteroatoms. The van der Waals surface area contributed by atoms with Gasteiger partial charge in [0.1, 0.15) is 0 Å². The Bertz CT molecular complexity index is 448. The molecule has 0 bridgehead atoms. The topological polar surface area (TPSA) is 39.1 Å². The van der Waals surface area contributed by atoms with Gasteiger partial charge in [0.2, 0.25) is 0 Å². The largest absolute Gasteiger partial charge is 0.378 e. The monoisotopic (exact) mass is 277 g/mol. The van der Waals surface area contributed by atoms with Gasteiger partial charge in [0.15, 0.2) is 0 Å². The van der Waals surface area contributed by atoms with Gasteiger partial charge >= 0.3 is 0 Å². The molecule has 1 saturated carbocycles. The van der Waals surface area contributed by atoms with Crippen LogP contribution in [0.1, 0.15) is 57.7 Å². The summed E-state index contributed by atoms with van der Waals surface area (Å²) in [6.07, 6.45) is 8.15. The molecule has 3 rings (SSSR count). The first-order chi connectivity index (χ1) is 9.64. The molecule has 0 radical (unpaired) electrons. The van der Waals surface area contributed by atoms with Crippen LogP contribution in [0.4, 0.5) is 0 Å². The molecular weight excluding hydrogens is 250 g/mol. The molecule has 1 N–H and O–H groups in total. The predicted octanol–water partition coefficient (Wildman–Crippen LogP) is 2.73. The van der Waals surface area contributed by atoms with E-state index in [1.165, 1.54) is 18.5 Å². The number of nitrogens with zero attached hydrogens (tertiary/aromatic N) is 2. The van der Waals surface area contributed by atoms with Crippen molar-refractivity contribution in [2.45, 2.75) is 58.1 Å². The second-order valence-corrected chi connectivity index (χ2v) is 6.79. The molecule has 1 aromatic rings. The summed E-state index contributed by atoms with van der Waals surface area (Å²) in [6, 6.07) is 0.526. The first-order valence-corrected chi connectivity index (χ1v) is 7.98. The first-order valence-electron chi connectivity index (χ1n) is 7.98. The van der Waals surface area contributed by atoms with Gasteiger partial charge in [0.25, 0.3) is 0 Å². The number of hydrogen-bond acceptors (Lipinski definition) is 3. The van der Waals surface area contributed by atoms with Gasteiger partial charge in [-0.05, 0) is 32.7 Å². The van der Waals surface area contributed by atoms with E-state index < -0.39 is 0 Å². The van der Waals surface area contributed by atoms with Gasteiger partial charge in [-0.3, -0.25) is 0 Å². The third-order valence-electron chi connectivity index (χ3n) is 5.24. The van der Waals surface area contributed by atoms with Crippen molar-refractivity contribution >= 4 is 0 Å². The van der Waals surface area contributed by atoms with Gasteiger partial charge in [0.05, 0.1) is 12.4 Å². The second-order valence-electron chi connectivity index (χ2n) is 6.79. The Hall–Kier alpha value is -0.870. The van der Waals surface area contributed by atoms with Crippen LogP contribution in [0.5, 0.6) is 0 Å². The smallest absolute Gasteiger partial charge is 0.0951 e. The van der Waals surface area contributed by atoms with E-state index in [0.717, 1.165) is 26.1 Å². The Balaban J connectivity index is 1.77. The van der Waals surface area contributed by atoms with Crippen LogP contribution in [-0.2, 0) is 4.74 Å². The maximum atomic E-state index is 5.86. The average Bonchev–Trinajstić information content (AvgIpc) is 2.92. The van der Waals surface area contributed by atoms with Crippen molar-refractivity contribution in [2.75, 3.05) is 19.7 Å². The minimum Gasteiger partial charge on any atom is -0.378 e. The Morgan fingerprint density at radius 1 is 1.50 bits per heavy atom. The molecule has 1 saturated heterocycles. The fourth-order valence-corrected chi connectivity index (χ4v) is 3.82. The molecule has 0 amide bonds. The number of hydrogen-bond donors (Lipinski definition) is 1. The summed E-state index contributed by atoms with van der Waals surface area (Å²) in [4.78, 5) is 4.43. The van der Waals surface area contributed by atoms with E-state index in [4.69, 9.17) is 4.74 Å². The van der Waals surface area contributed by atoms with Crippen molar-refractivity contribution in [3.63, 3.8) is 0 Å². The van der Waals surface area contributed by atoms with Crippen molar-refractivity contribution in [3.05, 3.63) is 18.2 Å². The molecule has 4 nitrogen and oxygen atoms in total. The Morgan fingerprint density at radius 2 is 2.35 bits per heavy atom. The van der Waals surface area contributed by atoms with Gasteiger partial charge in [-0.2, -0.15) is 0 Å². The van der Waals surface area contributed by atoms with E-state index in [2.05, 4.69) is 41.8 Å². The van der Waals surface area contributed by atoms with Crippen LogP contribution in [0.15, 0.2) is 12.5 Å². The molecule has 0 spiro atoms. The van der Waals surface area contributed by atoms with Crippen LogP contribution in [0.25, 0.3) is 0 Å². The minimum atomic E-state index is 0.202. The molecule has 2 fully saturated rings. The number of imidazole rings is 1. The van der Waals surface area contributed by atoms with Crippen LogP contribution < -0.4 is 5.32 Å². The van der Waals surface area contributed by atoms with Gasteiger partial charge in [-0.1, -0.05) is 13.8 Å². The lowest BCUT2D eigenvalue weighted by Gasteiger charge is -2.52. The van der Waals surface area contributed by atoms with Gasteiger partial charge in [0, 0.05) is 42.4 Å². The molecule has 2 aliphatic rings. The summed E-state index contributed by atoms with van der Waals surface area (Å²) < 4.78 is 8.28. The summed E-state index contributed by atoms with van der Waals surface area (Å²) in [6.45, 7) is 9.79. The van der Waals surface area contributed by atoms with Crippen LogP contribution in [0.3, 0.4) is 0 Å². The Kier molecular flexibility index (Phi) is 3.87. The maximum absolute atomic E-state index is 5.86. The average molecular weight is 277 g/mol. The third-order valence-corrected chi connectivity index (χ3v) is 5.24. The van der Waals surface area contributed by atoms with Crippen LogP contribution >= 0.6 is 0 Å². The lowest BCUT2D eigenvalue weighted by atomic mass is 9.64. The lowest BCUT2D eigenvalue weighted by Crippen LogP contribution is -2.51. The van der Waals surface area contributed by atoms with E-state index in [0.29, 0.717) is 18.1 Å². The zero-order valence-electron chi connectivity index (χ0n) is 12.9. The van der Waals surface area contributed by atoms with Gasteiger partial charge < -0.3 is 14.6 Å². The fourth-order valence-electron chi connectivity index (χ4n) is 3.82. The highest BCUT2D eigenvalue weighted by atomic mass is 16.5. The van der Waals surface area contributed by atoms with E-state index in [9.17, 15) is 0 Å². The molecule has 2 heterocycles. The molecule has 3 atom stereocenters. The zero-order chi connectivity index (χ0) is 14.2. The number of nitrogens with one attached hydrogen (secondary N) is 1. The SMILES string of the molecule is CCOC1CC(n2cncc2C2CCCNC2)C1(C)C. The van der Waals surface area contributed by atoms with Crippen molar-refractivity contribution in [1.82, 2.24) is 14.9 Å². The first kappa shape index (κ1) is 14.1. The standard InChI is InChI=1S/C16H27N3O/c1-4-20-15-8-14(16(15,2)3)19-11-18-10-13(19)12-6-5-7-17-9-12/h10-12,14-15,17H,4-9H2,1-3H3. The Morgan fingerprint density at radius 3 is 3.00 bits per heavy atom. The summed E-state index contributed by atoms with van der Waals surface area (Å²) in [5, 5.41) is 3.51. The molecule has 3 unspecified atom stereocenters. The molecular formula is C16H27N3O. The summed E-state index contributed by atoms with van der Waals surface area (Å²) in [5.41, 5.74) is 1.61. The van der Waals surface area contributed by atoms with E-state index >= 15 is 0 Å². The third kappa shape index (κ3) is 2.29. The van der Waals surface area contributed by atoms with E-state index in [-0.39, 0.29) is 5.41 Å². The maximum Gasteiger partial charge on any atom is 0.0951 e. The fraction of sp³-hybridized carbons (Fsp3) is 0.812. The minimum absolute atomic E-state index is 0.202. The van der Waals surface area contributed by atoms with Crippen molar-refractivity contribution in [1.29, 1.82) is 0 Å². The van der Waals surface area contributed by atoms with Crippen molar-refractivity contribution in [3.8, 4) is 0 Å². The summed E-state index contributed by atoms with van der Waals surface area (Å²) >= 11 is 0. The molecule has 1 aromatic heterocycles. The highest BCUT2D eigenvalue weighted by Gasteiger charge is 2.50. The Labute approximate surface area is 121 Å². The van der Waals surface area contributed by atoms with Crippen LogP contribution in [0, 0.1) is 5.41 Å². The molecule has 0 aromatic carbocycles. The van der Waals surface area contributed by atoms with E-state index in [1.54, 1.807) is 0 Å². The quantitative estimate of drug-likeness (QED) is 0.919. The molecule has 20 heavy (non-hydrogen) atoms. The number of ether oxygens (including phenoxy) is 1. The van der Waals surface area contributed by atoms with Crippen molar-refractivity contribution < 1.29 is 4.74 Å². The second kappa shape index (κ2) is 5.49. The van der Waals surface area contributed by atoms with Gasteiger partial charge in [-0.15, -0.1) is 0 Å². The molecule has 112 valence electrons. The number of piperidine rings is 1. The highest BCUT2D eigenvalue weighted by molar-refractivity contribution is 5.14. The number of rotatable bonds is 4. The van der Waals surface area contributed by atoms with Crippen molar-refractivity contribution in [2.24, 2.45) is 5.41 Å². The highest BCUT2D eigenvalue weighted by Crippen LogP contribution is 2.52. The summed E-state index contributed by atoms with van der Waals surface area (Å²) in [5.74, 6) is 0.619. The van der Waals surface area contributed by atoms with Crippen LogP contribution in [0.2, 0.25) is 0 Å². The normalized spacial score (nSPS) is 32.9. The number of aromatic nitrogens is 2. The molecule has 1 aliphatic carbocycles. The molecule has 1 aliphatic heterocycles. The van der Waals surface area contributed by atoms with Gasteiger partial charge in [-0.25, -0.2) is 4.98 Å². The van der Waals surface area contributed by atoms with Crippen LogP contribution in [-0.4, -0.2) is 35.4 Å². The predicted molar refractivity (Wildman–Crippen MR) is 79.9 cm³/mol. The summed E-state index contributed by atoms with van der Waals surface area (Å²) in [7, 11) is 0. The lowest BCUT2D eigenvalue weighted by molar-refractivity contribution is -0.128. The zero-order valence-corrected chi connectivity index (χ0v) is 12.9. The van der Waals surface area contributed by atoms with E-state index in [1.807, 2.05) is 6.33 Å².